The molecule has 1 aromatic heterocycles. The average Bonchev–Trinajstić information content (AvgIpc) is 3.35. The zero-order valence-electron chi connectivity index (χ0n) is 19.8. The van der Waals surface area contributed by atoms with Gasteiger partial charge in [-0.15, -0.1) is 0 Å². The molecule has 0 bridgehead atoms. The van der Waals surface area contributed by atoms with Crippen LogP contribution in [0.4, 0.5) is 4.39 Å². The number of ether oxygens (including phenoxy) is 1. The summed E-state index contributed by atoms with van der Waals surface area (Å²) in [6.45, 7) is 5.51. The molecule has 0 saturated carbocycles. The third-order valence-electron chi connectivity index (χ3n) is 6.81. The maximum atomic E-state index is 13.6. The van der Waals surface area contributed by atoms with Gasteiger partial charge in [0.05, 0.1) is 24.5 Å². The largest absolute Gasteiger partial charge is 0.378 e. The van der Waals surface area contributed by atoms with Crippen LogP contribution in [0.25, 0.3) is 16.9 Å². The lowest BCUT2D eigenvalue weighted by Gasteiger charge is -2.35. The highest BCUT2D eigenvalue weighted by Gasteiger charge is 2.32. The number of carbonyl (C=O) groups is 2. The molecule has 2 aliphatic heterocycles. The van der Waals surface area contributed by atoms with Crippen LogP contribution in [0.15, 0.2) is 54.7 Å². The van der Waals surface area contributed by atoms with Gasteiger partial charge in [-0.25, -0.2) is 9.07 Å². The number of morpholine rings is 1. The number of aryl methyl sites for hydroxylation is 1. The lowest BCUT2D eigenvalue weighted by Crippen LogP contribution is -2.47. The standard InChI is InChI=1S/C27H29FN4O3/c1-19-2-4-20(5-3-19)25-24(18-32(29-25)23-8-6-22(28)7-9-23)27(34)30-12-10-21(11-13-30)26(33)31-14-16-35-17-15-31/h2-9,18,21H,10-17H2,1H3. The summed E-state index contributed by atoms with van der Waals surface area (Å²) >= 11 is 0. The summed E-state index contributed by atoms with van der Waals surface area (Å²) in [4.78, 5) is 30.2. The van der Waals surface area contributed by atoms with Crippen molar-refractivity contribution >= 4 is 11.8 Å². The van der Waals surface area contributed by atoms with Gasteiger partial charge in [-0.3, -0.25) is 9.59 Å². The van der Waals surface area contributed by atoms with Crippen LogP contribution in [-0.2, 0) is 9.53 Å². The van der Waals surface area contributed by atoms with Crippen molar-refractivity contribution in [3.8, 4) is 16.9 Å². The SMILES string of the molecule is Cc1ccc(-c2nn(-c3ccc(F)cc3)cc2C(=O)N2CCC(C(=O)N3CCOCC3)CC2)cc1. The van der Waals surface area contributed by atoms with E-state index in [1.54, 1.807) is 23.0 Å². The molecule has 5 rings (SSSR count). The van der Waals surface area contributed by atoms with Gasteiger partial charge in [-0.1, -0.05) is 29.8 Å². The number of aromatic nitrogens is 2. The van der Waals surface area contributed by atoms with Crippen LogP contribution in [0, 0.1) is 18.7 Å². The third-order valence-corrected chi connectivity index (χ3v) is 6.81. The molecule has 7 nitrogen and oxygen atoms in total. The maximum absolute atomic E-state index is 13.6. The summed E-state index contributed by atoms with van der Waals surface area (Å²) < 4.78 is 20.4. The fraction of sp³-hybridized carbons (Fsp3) is 0.370. The highest BCUT2D eigenvalue weighted by molar-refractivity contribution is 6.00. The molecular formula is C27H29FN4O3. The molecule has 2 fully saturated rings. The summed E-state index contributed by atoms with van der Waals surface area (Å²) in [6, 6.07) is 13.9. The van der Waals surface area contributed by atoms with E-state index in [0.717, 1.165) is 11.1 Å². The molecule has 0 atom stereocenters. The maximum Gasteiger partial charge on any atom is 0.257 e. The second-order valence-electron chi connectivity index (χ2n) is 9.18. The van der Waals surface area contributed by atoms with E-state index in [9.17, 15) is 14.0 Å². The first-order valence-corrected chi connectivity index (χ1v) is 12.1. The number of halogens is 1. The van der Waals surface area contributed by atoms with E-state index in [2.05, 4.69) is 0 Å². The van der Waals surface area contributed by atoms with Gasteiger partial charge in [-0.05, 0) is 44.0 Å². The fourth-order valence-electron chi connectivity index (χ4n) is 4.72. The number of rotatable bonds is 4. The Balaban J connectivity index is 1.37. The minimum absolute atomic E-state index is 0.0596. The zero-order chi connectivity index (χ0) is 24.4. The van der Waals surface area contributed by atoms with Crippen LogP contribution in [0.5, 0.6) is 0 Å². The third kappa shape index (κ3) is 4.98. The van der Waals surface area contributed by atoms with Gasteiger partial charge < -0.3 is 14.5 Å². The van der Waals surface area contributed by atoms with Crippen molar-refractivity contribution in [1.82, 2.24) is 19.6 Å². The Hall–Kier alpha value is -3.52. The van der Waals surface area contributed by atoms with Crippen molar-refractivity contribution in [2.24, 2.45) is 5.92 Å². The van der Waals surface area contributed by atoms with E-state index in [0.29, 0.717) is 69.2 Å². The number of hydrogen-bond donors (Lipinski definition) is 0. The number of likely N-dealkylation sites (tertiary alicyclic amines) is 1. The number of carbonyl (C=O) groups excluding carboxylic acids is 2. The molecule has 35 heavy (non-hydrogen) atoms. The van der Waals surface area contributed by atoms with Crippen LogP contribution >= 0.6 is 0 Å². The molecule has 182 valence electrons. The average molecular weight is 477 g/mol. The smallest absolute Gasteiger partial charge is 0.257 e. The van der Waals surface area contributed by atoms with E-state index in [1.165, 1.54) is 12.1 Å². The molecule has 2 aliphatic rings. The molecule has 3 heterocycles. The van der Waals surface area contributed by atoms with Crippen LogP contribution in [0.3, 0.4) is 0 Å². The van der Waals surface area contributed by atoms with Crippen LogP contribution in [-0.4, -0.2) is 70.8 Å². The Morgan fingerprint density at radius 3 is 2.23 bits per heavy atom. The summed E-state index contributed by atoms with van der Waals surface area (Å²) in [5.41, 5.74) is 3.72. The monoisotopic (exact) mass is 476 g/mol. The van der Waals surface area contributed by atoms with Crippen molar-refractivity contribution in [2.45, 2.75) is 19.8 Å². The Bertz CT molecular complexity index is 1190. The zero-order valence-corrected chi connectivity index (χ0v) is 19.8. The Labute approximate surface area is 204 Å². The molecule has 8 heteroatoms. The number of benzene rings is 2. The van der Waals surface area contributed by atoms with E-state index >= 15 is 0 Å². The van der Waals surface area contributed by atoms with Gasteiger partial charge in [0.15, 0.2) is 0 Å². The lowest BCUT2D eigenvalue weighted by atomic mass is 9.94. The summed E-state index contributed by atoms with van der Waals surface area (Å²) in [5.74, 6) is -0.322. The highest BCUT2D eigenvalue weighted by atomic mass is 19.1. The molecule has 2 saturated heterocycles. The van der Waals surface area contributed by atoms with Crippen molar-refractivity contribution in [3.05, 3.63) is 71.7 Å². The van der Waals surface area contributed by atoms with Gasteiger partial charge in [0.1, 0.15) is 11.5 Å². The first-order valence-electron chi connectivity index (χ1n) is 12.1. The molecule has 0 aliphatic carbocycles. The van der Waals surface area contributed by atoms with Crippen LogP contribution in [0.1, 0.15) is 28.8 Å². The molecule has 0 unspecified atom stereocenters. The molecular weight excluding hydrogens is 447 g/mol. The van der Waals surface area contributed by atoms with E-state index < -0.39 is 0 Å². The topological polar surface area (TPSA) is 67.7 Å². The normalized spacial score (nSPS) is 17.0. The van der Waals surface area contributed by atoms with Gasteiger partial charge >= 0.3 is 0 Å². The number of nitrogens with zero attached hydrogens (tertiary/aromatic N) is 4. The number of hydrogen-bond acceptors (Lipinski definition) is 4. The second-order valence-corrected chi connectivity index (χ2v) is 9.18. The van der Waals surface area contributed by atoms with Crippen LogP contribution < -0.4 is 0 Å². The molecule has 3 aromatic rings. The van der Waals surface area contributed by atoms with E-state index in [1.807, 2.05) is 41.0 Å². The van der Waals surface area contributed by atoms with Crippen molar-refractivity contribution in [1.29, 1.82) is 0 Å². The predicted octanol–water partition coefficient (Wildman–Crippen LogP) is 3.70. The minimum Gasteiger partial charge on any atom is -0.378 e. The van der Waals surface area contributed by atoms with Gasteiger partial charge in [0, 0.05) is 43.9 Å². The molecule has 2 amide bonds. The minimum atomic E-state index is -0.328. The summed E-state index contributed by atoms with van der Waals surface area (Å²) in [6.07, 6.45) is 3.01. The molecule has 0 spiro atoms. The lowest BCUT2D eigenvalue weighted by molar-refractivity contribution is -0.141. The molecule has 0 N–H and O–H groups in total. The van der Waals surface area contributed by atoms with E-state index in [-0.39, 0.29) is 23.5 Å². The highest BCUT2D eigenvalue weighted by Crippen LogP contribution is 2.28. The van der Waals surface area contributed by atoms with E-state index in [4.69, 9.17) is 9.84 Å². The predicted molar refractivity (Wildman–Crippen MR) is 130 cm³/mol. The summed E-state index contributed by atoms with van der Waals surface area (Å²) in [5, 5.41) is 4.70. The number of piperidine rings is 1. The first kappa shape index (κ1) is 23.2. The van der Waals surface area contributed by atoms with Crippen molar-refractivity contribution in [2.75, 3.05) is 39.4 Å². The first-order chi connectivity index (χ1) is 17.0. The van der Waals surface area contributed by atoms with Gasteiger partial charge in [0.25, 0.3) is 5.91 Å². The fourth-order valence-corrected chi connectivity index (χ4v) is 4.72. The Morgan fingerprint density at radius 1 is 0.914 bits per heavy atom. The Kier molecular flexibility index (Phi) is 6.63. The number of amides is 2. The van der Waals surface area contributed by atoms with Gasteiger partial charge in [0.2, 0.25) is 5.91 Å². The Morgan fingerprint density at radius 2 is 1.57 bits per heavy atom. The molecule has 2 aromatic carbocycles. The quantitative estimate of drug-likeness (QED) is 0.576. The molecule has 0 radical (unpaired) electrons. The van der Waals surface area contributed by atoms with Gasteiger partial charge in [-0.2, -0.15) is 5.10 Å². The van der Waals surface area contributed by atoms with Crippen molar-refractivity contribution < 1.29 is 18.7 Å². The van der Waals surface area contributed by atoms with Crippen LogP contribution in [0.2, 0.25) is 0 Å². The summed E-state index contributed by atoms with van der Waals surface area (Å²) in [7, 11) is 0. The second kappa shape index (κ2) is 10.00. The van der Waals surface area contributed by atoms with Crippen molar-refractivity contribution in [3.63, 3.8) is 0 Å².